The first kappa shape index (κ1) is 16.9. The van der Waals surface area contributed by atoms with Crippen molar-refractivity contribution >= 4 is 5.71 Å². The minimum Gasteiger partial charge on any atom is -0.507 e. The van der Waals surface area contributed by atoms with Crippen LogP contribution in [0.1, 0.15) is 78.5 Å². The molecule has 0 atom stereocenters. The van der Waals surface area contributed by atoms with E-state index in [0.29, 0.717) is 5.75 Å². The second-order valence-electron chi connectivity index (χ2n) is 9.15. The Hall–Kier alpha value is -1.51. The topological polar surface area (TPSA) is 44.6 Å². The standard InChI is InChI=1S/C19H30N2O/c1-17(2,3)13-9-12(15-11-19(7,8)21-20-15)10-14(16(13)22)18(4,5)6/h9-10,21-22H,11H2,1-8H3. The maximum Gasteiger partial charge on any atom is 0.123 e. The number of aromatic hydroxyl groups is 1. The summed E-state index contributed by atoms with van der Waals surface area (Å²) in [6.45, 7) is 17.1. The molecule has 0 amide bonds. The van der Waals surface area contributed by atoms with E-state index in [1.54, 1.807) is 0 Å². The molecule has 0 unspecified atom stereocenters. The van der Waals surface area contributed by atoms with Gasteiger partial charge in [-0.3, -0.25) is 0 Å². The predicted molar refractivity (Wildman–Crippen MR) is 93.9 cm³/mol. The van der Waals surface area contributed by atoms with Gasteiger partial charge in [0.2, 0.25) is 0 Å². The number of hydrazone groups is 1. The van der Waals surface area contributed by atoms with Crippen molar-refractivity contribution in [3.8, 4) is 5.75 Å². The molecule has 0 saturated carbocycles. The molecular weight excluding hydrogens is 272 g/mol. The highest BCUT2D eigenvalue weighted by atomic mass is 16.3. The summed E-state index contributed by atoms with van der Waals surface area (Å²) in [4.78, 5) is 0. The molecule has 1 aromatic rings. The highest BCUT2D eigenvalue weighted by Crippen LogP contribution is 2.40. The van der Waals surface area contributed by atoms with E-state index in [9.17, 15) is 5.11 Å². The molecule has 122 valence electrons. The number of hydrogen-bond acceptors (Lipinski definition) is 3. The maximum absolute atomic E-state index is 10.8. The third kappa shape index (κ3) is 3.29. The summed E-state index contributed by atoms with van der Waals surface area (Å²) in [7, 11) is 0. The summed E-state index contributed by atoms with van der Waals surface area (Å²) in [6.07, 6.45) is 0.894. The number of rotatable bonds is 1. The van der Waals surface area contributed by atoms with E-state index >= 15 is 0 Å². The van der Waals surface area contributed by atoms with Gasteiger partial charge < -0.3 is 10.5 Å². The van der Waals surface area contributed by atoms with Gasteiger partial charge in [-0.15, -0.1) is 0 Å². The Morgan fingerprint density at radius 2 is 1.45 bits per heavy atom. The van der Waals surface area contributed by atoms with Crippen LogP contribution in [0.3, 0.4) is 0 Å². The molecule has 0 spiro atoms. The average Bonchev–Trinajstić information content (AvgIpc) is 2.67. The van der Waals surface area contributed by atoms with Gasteiger partial charge in [0.1, 0.15) is 5.75 Å². The van der Waals surface area contributed by atoms with Crippen LogP contribution in [0.4, 0.5) is 0 Å². The third-order valence-electron chi connectivity index (χ3n) is 4.16. The Balaban J connectivity index is 2.62. The van der Waals surface area contributed by atoms with Crippen LogP contribution in [0.5, 0.6) is 5.75 Å². The zero-order chi connectivity index (χ0) is 16.9. The van der Waals surface area contributed by atoms with E-state index < -0.39 is 0 Å². The van der Waals surface area contributed by atoms with Gasteiger partial charge in [0.15, 0.2) is 0 Å². The highest BCUT2D eigenvalue weighted by Gasteiger charge is 2.31. The fourth-order valence-electron chi connectivity index (χ4n) is 2.83. The van der Waals surface area contributed by atoms with Crippen LogP contribution >= 0.6 is 0 Å². The lowest BCUT2D eigenvalue weighted by Gasteiger charge is -2.28. The van der Waals surface area contributed by atoms with Crippen LogP contribution in [-0.4, -0.2) is 16.4 Å². The Kier molecular flexibility index (Phi) is 3.83. The molecule has 0 radical (unpaired) electrons. The monoisotopic (exact) mass is 302 g/mol. The summed E-state index contributed by atoms with van der Waals surface area (Å²) in [5.41, 5.74) is 7.14. The van der Waals surface area contributed by atoms with Crippen LogP contribution in [0.15, 0.2) is 17.2 Å². The molecule has 3 nitrogen and oxygen atoms in total. The van der Waals surface area contributed by atoms with Gasteiger partial charge in [-0.25, -0.2) is 0 Å². The molecule has 2 N–H and O–H groups in total. The van der Waals surface area contributed by atoms with Gasteiger partial charge in [-0.2, -0.15) is 5.10 Å². The second-order valence-corrected chi connectivity index (χ2v) is 9.15. The molecule has 0 saturated heterocycles. The predicted octanol–water partition coefficient (Wildman–Crippen LogP) is 4.46. The van der Waals surface area contributed by atoms with E-state index in [-0.39, 0.29) is 16.4 Å². The third-order valence-corrected chi connectivity index (χ3v) is 4.16. The summed E-state index contributed by atoms with van der Waals surface area (Å²) in [5.74, 6) is 0.426. The number of phenols is 1. The van der Waals surface area contributed by atoms with Crippen molar-refractivity contribution in [2.45, 2.75) is 78.2 Å². The van der Waals surface area contributed by atoms with Crippen molar-refractivity contribution in [1.82, 2.24) is 5.43 Å². The maximum atomic E-state index is 10.8. The summed E-state index contributed by atoms with van der Waals surface area (Å²) in [5, 5.41) is 15.3. The molecule has 0 aliphatic carbocycles. The van der Waals surface area contributed by atoms with E-state index in [0.717, 1.165) is 28.8 Å². The fraction of sp³-hybridized carbons (Fsp3) is 0.632. The molecule has 1 heterocycles. The lowest BCUT2D eigenvalue weighted by Crippen LogP contribution is -2.30. The van der Waals surface area contributed by atoms with Crippen molar-refractivity contribution < 1.29 is 5.11 Å². The smallest absolute Gasteiger partial charge is 0.123 e. The number of phenolic OH excluding ortho intramolecular Hbond substituents is 1. The van der Waals surface area contributed by atoms with Gasteiger partial charge in [-0.05, 0) is 42.4 Å². The molecule has 1 aliphatic rings. The van der Waals surface area contributed by atoms with Crippen LogP contribution in [0, 0.1) is 0 Å². The van der Waals surface area contributed by atoms with Crippen molar-refractivity contribution in [3.05, 3.63) is 28.8 Å². The first-order chi connectivity index (χ1) is 9.81. The molecule has 1 aliphatic heterocycles. The van der Waals surface area contributed by atoms with Crippen LogP contribution in [0.25, 0.3) is 0 Å². The van der Waals surface area contributed by atoms with Gasteiger partial charge >= 0.3 is 0 Å². The molecule has 1 aromatic carbocycles. The Morgan fingerprint density at radius 1 is 1.00 bits per heavy atom. The van der Waals surface area contributed by atoms with Crippen molar-refractivity contribution in [2.24, 2.45) is 5.10 Å². The molecular formula is C19H30N2O. The van der Waals surface area contributed by atoms with Gasteiger partial charge in [-0.1, -0.05) is 41.5 Å². The van der Waals surface area contributed by atoms with E-state index in [1.165, 1.54) is 0 Å². The minimum absolute atomic E-state index is 0.00297. The second kappa shape index (κ2) is 5.00. The van der Waals surface area contributed by atoms with Gasteiger partial charge in [0.25, 0.3) is 0 Å². The summed E-state index contributed by atoms with van der Waals surface area (Å²) in [6, 6.07) is 4.21. The van der Waals surface area contributed by atoms with E-state index in [4.69, 9.17) is 0 Å². The normalized spacial score (nSPS) is 18.1. The number of hydrogen-bond donors (Lipinski definition) is 2. The first-order valence-electron chi connectivity index (χ1n) is 8.03. The number of nitrogens with zero attached hydrogens (tertiary/aromatic N) is 1. The van der Waals surface area contributed by atoms with Crippen molar-refractivity contribution in [1.29, 1.82) is 0 Å². The SMILES string of the molecule is CC1(C)CC(c2cc(C(C)(C)C)c(O)c(C(C)(C)C)c2)=NN1. The highest BCUT2D eigenvalue weighted by molar-refractivity contribution is 6.02. The zero-order valence-electron chi connectivity index (χ0n) is 15.3. The lowest BCUT2D eigenvalue weighted by atomic mass is 9.77. The first-order valence-corrected chi connectivity index (χ1v) is 8.03. The minimum atomic E-state index is -0.109. The van der Waals surface area contributed by atoms with Crippen molar-refractivity contribution in [3.63, 3.8) is 0 Å². The molecule has 3 heteroatoms. The zero-order valence-corrected chi connectivity index (χ0v) is 15.3. The quantitative estimate of drug-likeness (QED) is 0.804. The van der Waals surface area contributed by atoms with Gasteiger partial charge in [0.05, 0.1) is 11.3 Å². The van der Waals surface area contributed by atoms with Gasteiger partial charge in [0, 0.05) is 17.5 Å². The Morgan fingerprint density at radius 3 is 1.77 bits per heavy atom. The van der Waals surface area contributed by atoms with Crippen LogP contribution in [-0.2, 0) is 10.8 Å². The molecule has 22 heavy (non-hydrogen) atoms. The Bertz CT molecular complexity index is 578. The van der Waals surface area contributed by atoms with Crippen molar-refractivity contribution in [2.75, 3.05) is 0 Å². The Labute approximate surface area is 134 Å². The number of nitrogens with one attached hydrogen (secondary N) is 1. The molecule has 2 rings (SSSR count). The summed E-state index contributed by atoms with van der Waals surface area (Å²) >= 11 is 0. The van der Waals surface area contributed by atoms with Crippen LogP contribution < -0.4 is 5.43 Å². The van der Waals surface area contributed by atoms with E-state index in [1.807, 2.05) is 0 Å². The lowest BCUT2D eigenvalue weighted by molar-refractivity contribution is 0.423. The average molecular weight is 302 g/mol. The molecule has 0 aromatic heterocycles. The summed E-state index contributed by atoms with van der Waals surface area (Å²) < 4.78 is 0. The molecule has 0 fully saturated rings. The fourth-order valence-corrected chi connectivity index (χ4v) is 2.83. The number of benzene rings is 1. The largest absolute Gasteiger partial charge is 0.507 e. The van der Waals surface area contributed by atoms with Crippen LogP contribution in [0.2, 0.25) is 0 Å². The van der Waals surface area contributed by atoms with E-state index in [2.05, 4.69) is 78.0 Å². The molecule has 0 bridgehead atoms.